The van der Waals surface area contributed by atoms with Crippen LogP contribution in [-0.2, 0) is 12.6 Å². The van der Waals surface area contributed by atoms with E-state index in [0.717, 1.165) is 0 Å². The van der Waals surface area contributed by atoms with E-state index in [9.17, 15) is 17.3 Å². The van der Waals surface area contributed by atoms with Gasteiger partial charge in [-0.25, -0.2) is 0 Å². The van der Waals surface area contributed by atoms with Crippen LogP contribution in [0.3, 0.4) is 0 Å². The molecule has 94 valence electrons. The second kappa shape index (κ2) is 4.66. The largest absolute Gasteiger partial charge is 0.673 e. The minimum Gasteiger partial charge on any atom is -0.418 e. The molecule has 1 heterocycles. The van der Waals surface area contributed by atoms with Gasteiger partial charge >= 0.3 is 13.2 Å². The van der Waals surface area contributed by atoms with Crippen molar-refractivity contribution in [2.45, 2.75) is 26.3 Å². The first-order valence-electron chi connectivity index (χ1n) is 4.38. The molecule has 0 bridgehead atoms. The molecule has 1 aromatic heterocycles. The average Bonchev–Trinajstić information content (AvgIpc) is 2.27. The standard InChI is InChI=1S/C6H13N5.BF4/c1-6(2,3)11-5(7)10(4)8-9-11;2-1(3,4)5/h7H,1-4H3;/q;-1/p+1. The Kier molecular flexibility index (Phi) is 4.27. The Bertz CT molecular complexity index is 336. The number of anilines is 1. The molecular formula is C6H14BF4N5. The van der Waals surface area contributed by atoms with Gasteiger partial charge in [0, 0.05) is 0 Å². The molecule has 0 atom stereocenters. The predicted octanol–water partition coefficient (Wildman–Crippen LogP) is 0.740. The van der Waals surface area contributed by atoms with Crippen LogP contribution in [-0.4, -0.2) is 22.4 Å². The summed E-state index contributed by atoms with van der Waals surface area (Å²) in [6.45, 7) is 6.08. The molecule has 2 N–H and O–H groups in total. The minimum atomic E-state index is -6.00. The first-order valence-corrected chi connectivity index (χ1v) is 4.38. The monoisotopic (exact) mass is 243 g/mol. The zero-order chi connectivity index (χ0) is 13.1. The van der Waals surface area contributed by atoms with Crippen LogP contribution in [0.5, 0.6) is 0 Å². The molecule has 0 radical (unpaired) electrons. The Morgan fingerprint density at radius 2 is 1.62 bits per heavy atom. The summed E-state index contributed by atoms with van der Waals surface area (Å²) < 4.78 is 42.2. The van der Waals surface area contributed by atoms with Crippen LogP contribution >= 0.6 is 0 Å². The van der Waals surface area contributed by atoms with E-state index < -0.39 is 7.25 Å². The van der Waals surface area contributed by atoms with Gasteiger partial charge in [0.2, 0.25) is 0 Å². The lowest BCUT2D eigenvalue weighted by atomic mass is 10.1. The van der Waals surface area contributed by atoms with E-state index in [1.54, 1.807) is 16.4 Å². The van der Waals surface area contributed by atoms with Gasteiger partial charge in [0.05, 0.1) is 12.3 Å². The van der Waals surface area contributed by atoms with Gasteiger partial charge in [-0.3, -0.25) is 0 Å². The van der Waals surface area contributed by atoms with Crippen molar-refractivity contribution in [1.29, 1.82) is 0 Å². The van der Waals surface area contributed by atoms with E-state index in [2.05, 4.69) is 10.4 Å². The molecule has 0 aliphatic rings. The van der Waals surface area contributed by atoms with Crippen molar-refractivity contribution < 1.29 is 21.9 Å². The number of nitrogens with two attached hydrogens (primary N) is 1. The van der Waals surface area contributed by atoms with E-state index in [-0.39, 0.29) is 5.54 Å². The third-order valence-electron chi connectivity index (χ3n) is 1.45. The summed E-state index contributed by atoms with van der Waals surface area (Å²) >= 11 is 0. The molecule has 10 heteroatoms. The quantitative estimate of drug-likeness (QED) is 0.415. The summed E-state index contributed by atoms with van der Waals surface area (Å²) in [6, 6.07) is 0. The summed E-state index contributed by atoms with van der Waals surface area (Å²) in [7, 11) is -4.23. The number of aryl methyl sites for hydroxylation is 1. The van der Waals surface area contributed by atoms with E-state index in [0.29, 0.717) is 5.95 Å². The van der Waals surface area contributed by atoms with E-state index in [4.69, 9.17) is 5.73 Å². The zero-order valence-electron chi connectivity index (χ0n) is 9.46. The molecule has 0 amide bonds. The molecule has 0 saturated carbocycles. The Labute approximate surface area is 90.3 Å². The lowest BCUT2D eigenvalue weighted by Crippen LogP contribution is -2.36. The fourth-order valence-corrected chi connectivity index (χ4v) is 0.807. The van der Waals surface area contributed by atoms with Crippen molar-refractivity contribution >= 4 is 13.2 Å². The number of hydrogen-bond acceptors (Lipinski definition) is 3. The first kappa shape index (κ1) is 14.7. The SMILES string of the molecule is C[n+]1nnn(C(C)(C)C)c1N.F[B-](F)(F)F. The van der Waals surface area contributed by atoms with E-state index >= 15 is 0 Å². The number of rotatable bonds is 0. The molecule has 0 unspecified atom stereocenters. The third kappa shape index (κ3) is 5.52. The van der Waals surface area contributed by atoms with Crippen molar-refractivity contribution in [3.63, 3.8) is 0 Å². The van der Waals surface area contributed by atoms with Gasteiger partial charge in [0.15, 0.2) is 0 Å². The molecule has 16 heavy (non-hydrogen) atoms. The van der Waals surface area contributed by atoms with Crippen molar-refractivity contribution in [3.8, 4) is 0 Å². The van der Waals surface area contributed by atoms with Crippen LogP contribution in [0.15, 0.2) is 0 Å². The maximum absolute atomic E-state index is 9.75. The van der Waals surface area contributed by atoms with Crippen LogP contribution in [0.2, 0.25) is 0 Å². The predicted molar refractivity (Wildman–Crippen MR) is 50.8 cm³/mol. The van der Waals surface area contributed by atoms with Crippen LogP contribution < -0.4 is 10.4 Å². The Morgan fingerprint density at radius 3 is 1.75 bits per heavy atom. The van der Waals surface area contributed by atoms with Crippen molar-refractivity contribution in [1.82, 2.24) is 15.1 Å². The zero-order valence-corrected chi connectivity index (χ0v) is 9.46. The maximum Gasteiger partial charge on any atom is 0.673 e. The minimum absolute atomic E-state index is 0.0989. The number of hydrogen-bond donors (Lipinski definition) is 1. The molecule has 0 spiro atoms. The lowest BCUT2D eigenvalue weighted by molar-refractivity contribution is -0.718. The molecular weight excluding hydrogens is 229 g/mol. The number of nitrogen functional groups attached to an aromatic ring is 1. The second-order valence-electron chi connectivity index (χ2n) is 4.04. The number of nitrogens with zero attached hydrogens (tertiary/aromatic N) is 4. The average molecular weight is 243 g/mol. The topological polar surface area (TPSA) is 60.6 Å². The molecule has 0 saturated heterocycles. The van der Waals surface area contributed by atoms with Gasteiger partial charge < -0.3 is 23.0 Å². The normalized spacial score (nSPS) is 12.0. The summed E-state index contributed by atoms with van der Waals surface area (Å²) in [4.78, 5) is 0. The molecule has 0 fully saturated rings. The number of halogens is 4. The molecule has 0 aliphatic heterocycles. The van der Waals surface area contributed by atoms with E-state index in [1.807, 2.05) is 20.8 Å². The molecule has 0 aliphatic carbocycles. The highest BCUT2D eigenvalue weighted by Crippen LogP contribution is 2.12. The second-order valence-corrected chi connectivity index (χ2v) is 4.04. The summed E-state index contributed by atoms with van der Waals surface area (Å²) in [5.74, 6) is 0.567. The van der Waals surface area contributed by atoms with Crippen LogP contribution in [0.4, 0.5) is 23.2 Å². The fourth-order valence-electron chi connectivity index (χ4n) is 0.807. The lowest BCUT2D eigenvalue weighted by Gasteiger charge is -2.11. The highest BCUT2D eigenvalue weighted by atomic mass is 19.5. The van der Waals surface area contributed by atoms with Crippen molar-refractivity contribution in [3.05, 3.63) is 0 Å². The highest BCUT2D eigenvalue weighted by Gasteiger charge is 2.25. The van der Waals surface area contributed by atoms with Gasteiger partial charge in [-0.2, -0.15) is 0 Å². The van der Waals surface area contributed by atoms with Gasteiger partial charge in [-0.1, -0.05) is 4.68 Å². The van der Waals surface area contributed by atoms with Gasteiger partial charge in [-0.15, -0.1) is 4.68 Å². The third-order valence-corrected chi connectivity index (χ3v) is 1.45. The van der Waals surface area contributed by atoms with Crippen LogP contribution in [0, 0.1) is 0 Å². The summed E-state index contributed by atoms with van der Waals surface area (Å²) in [6.07, 6.45) is 0. The molecule has 5 nitrogen and oxygen atoms in total. The summed E-state index contributed by atoms with van der Waals surface area (Å²) in [5, 5.41) is 7.68. The van der Waals surface area contributed by atoms with Crippen LogP contribution in [0.25, 0.3) is 0 Å². The highest BCUT2D eigenvalue weighted by molar-refractivity contribution is 6.50. The van der Waals surface area contributed by atoms with Crippen molar-refractivity contribution in [2.75, 3.05) is 5.73 Å². The van der Waals surface area contributed by atoms with E-state index in [1.165, 1.54) is 0 Å². The van der Waals surface area contributed by atoms with Crippen LogP contribution in [0.1, 0.15) is 20.8 Å². The number of aromatic nitrogens is 4. The molecule has 1 rings (SSSR count). The molecule has 1 aromatic rings. The fraction of sp³-hybridized carbons (Fsp3) is 0.833. The maximum atomic E-state index is 9.75. The number of tetrazole rings is 1. The smallest absolute Gasteiger partial charge is 0.418 e. The Balaban J connectivity index is 0.000000385. The van der Waals surface area contributed by atoms with Gasteiger partial charge in [-0.05, 0) is 20.8 Å². The Morgan fingerprint density at radius 1 is 1.25 bits per heavy atom. The summed E-state index contributed by atoms with van der Waals surface area (Å²) in [5.41, 5.74) is 5.59. The van der Waals surface area contributed by atoms with Gasteiger partial charge in [0.1, 0.15) is 10.8 Å². The molecule has 0 aromatic carbocycles. The van der Waals surface area contributed by atoms with Gasteiger partial charge in [0.25, 0.3) is 0 Å². The Hall–Kier alpha value is -1.35. The van der Waals surface area contributed by atoms with Crippen molar-refractivity contribution in [2.24, 2.45) is 7.05 Å². The first-order chi connectivity index (χ1) is 6.93.